The smallest absolute Gasteiger partial charge is 0.408 e. The van der Waals surface area contributed by atoms with E-state index in [0.717, 1.165) is 0 Å². The molecule has 2 atom stereocenters. The number of hydrogen-bond acceptors (Lipinski definition) is 6. The van der Waals surface area contributed by atoms with Gasteiger partial charge >= 0.3 is 12.1 Å². The maximum Gasteiger partial charge on any atom is 0.408 e. The Kier molecular flexibility index (Phi) is 9.92. The molecule has 1 aromatic rings. The minimum atomic E-state index is -1.16. The molecule has 1 rings (SSSR count). The Bertz CT molecular complexity index is 914. The molecule has 33 heavy (non-hydrogen) atoms. The Morgan fingerprint density at radius 2 is 1.73 bits per heavy atom. The van der Waals surface area contributed by atoms with Gasteiger partial charge in [-0.2, -0.15) is 0 Å². The minimum Gasteiger partial charge on any atom is -0.468 e. The normalized spacial score (nSPS) is 12.7. The van der Waals surface area contributed by atoms with Gasteiger partial charge in [0.1, 0.15) is 24.2 Å². The zero-order chi connectivity index (χ0) is 25.3. The van der Waals surface area contributed by atoms with Crippen molar-refractivity contribution in [3.05, 3.63) is 35.4 Å². The lowest BCUT2D eigenvalue weighted by atomic mass is 9.96. The number of nitrogens with zero attached hydrogens (tertiary/aromatic N) is 1. The number of methoxy groups -OCH3 is 1. The highest BCUT2D eigenvalue weighted by Crippen LogP contribution is 2.27. The molecule has 0 fully saturated rings. The van der Waals surface area contributed by atoms with Crippen LogP contribution in [0.25, 0.3) is 0 Å². The van der Waals surface area contributed by atoms with Crippen molar-refractivity contribution in [1.29, 1.82) is 0 Å². The molecule has 2 N–H and O–H groups in total. The number of rotatable bonds is 8. The third-order valence-corrected chi connectivity index (χ3v) is 4.49. The van der Waals surface area contributed by atoms with Crippen molar-refractivity contribution in [2.45, 2.75) is 65.3 Å². The van der Waals surface area contributed by atoms with Crippen molar-refractivity contribution < 1.29 is 28.7 Å². The molecule has 2 unspecified atom stereocenters. The van der Waals surface area contributed by atoms with E-state index in [1.165, 1.54) is 18.9 Å². The molecule has 0 aromatic heterocycles. The third kappa shape index (κ3) is 8.15. The molecule has 1 aromatic carbocycles. The standard InChI is InChI=1S/C24H33N3O6/c1-9-17-12-10-11-13-18(17)20(21(29)25-14-19(28)32-8)27(15(2)3)22(30)16(4)26-23(31)33-24(5,6)7/h1,10-13,15-16,20H,14H2,2-8H3,(H,25,29)(H,26,31). The van der Waals surface area contributed by atoms with Gasteiger partial charge in [-0.3, -0.25) is 14.4 Å². The summed E-state index contributed by atoms with van der Waals surface area (Å²) in [5.74, 6) is 0.741. The second-order valence-electron chi connectivity index (χ2n) is 8.64. The Labute approximate surface area is 195 Å². The fraction of sp³-hybridized carbons (Fsp3) is 0.500. The molecule has 0 spiro atoms. The number of carbonyl (C=O) groups excluding carboxylic acids is 4. The average Bonchev–Trinajstić information content (AvgIpc) is 2.73. The van der Waals surface area contributed by atoms with Crippen LogP contribution in [0.2, 0.25) is 0 Å². The van der Waals surface area contributed by atoms with Crippen LogP contribution in [-0.4, -0.2) is 60.1 Å². The van der Waals surface area contributed by atoms with Gasteiger partial charge in [0.05, 0.1) is 7.11 Å². The fourth-order valence-corrected chi connectivity index (χ4v) is 3.06. The van der Waals surface area contributed by atoms with Crippen LogP contribution < -0.4 is 10.6 Å². The minimum absolute atomic E-state index is 0.379. The lowest BCUT2D eigenvalue weighted by molar-refractivity contribution is -0.146. The number of benzene rings is 1. The SMILES string of the molecule is C#Cc1ccccc1C(C(=O)NCC(=O)OC)N(C(=O)C(C)NC(=O)OC(C)(C)C)C(C)C. The van der Waals surface area contributed by atoms with E-state index in [1.807, 2.05) is 0 Å². The summed E-state index contributed by atoms with van der Waals surface area (Å²) in [5.41, 5.74) is 0.0860. The van der Waals surface area contributed by atoms with Crippen LogP contribution in [0.1, 0.15) is 58.7 Å². The predicted molar refractivity (Wildman–Crippen MR) is 123 cm³/mol. The monoisotopic (exact) mass is 459 g/mol. The largest absolute Gasteiger partial charge is 0.468 e. The van der Waals surface area contributed by atoms with Crippen LogP contribution in [0.4, 0.5) is 4.79 Å². The van der Waals surface area contributed by atoms with Gasteiger partial charge in [-0.05, 0) is 53.2 Å². The summed E-state index contributed by atoms with van der Waals surface area (Å²) in [5, 5.41) is 5.00. The maximum absolute atomic E-state index is 13.4. The summed E-state index contributed by atoms with van der Waals surface area (Å²) in [6, 6.07) is 4.10. The summed E-state index contributed by atoms with van der Waals surface area (Å²) < 4.78 is 9.81. The summed E-state index contributed by atoms with van der Waals surface area (Å²) in [6.07, 6.45) is 4.87. The van der Waals surface area contributed by atoms with Crippen molar-refractivity contribution in [1.82, 2.24) is 15.5 Å². The van der Waals surface area contributed by atoms with Crippen molar-refractivity contribution >= 4 is 23.9 Å². The Balaban J connectivity index is 3.36. The van der Waals surface area contributed by atoms with E-state index in [4.69, 9.17) is 11.2 Å². The first-order chi connectivity index (χ1) is 15.3. The highest BCUT2D eigenvalue weighted by atomic mass is 16.6. The number of ether oxygens (including phenoxy) is 2. The van der Waals surface area contributed by atoms with E-state index in [9.17, 15) is 19.2 Å². The summed E-state index contributed by atoms with van der Waals surface area (Å²) in [6.45, 7) is 9.70. The van der Waals surface area contributed by atoms with Crippen LogP contribution in [0.15, 0.2) is 24.3 Å². The molecule has 9 heteroatoms. The van der Waals surface area contributed by atoms with Gasteiger partial charge in [-0.25, -0.2) is 4.79 Å². The van der Waals surface area contributed by atoms with Crippen LogP contribution in [0, 0.1) is 12.3 Å². The lowest BCUT2D eigenvalue weighted by Crippen LogP contribution is -2.54. The van der Waals surface area contributed by atoms with Gasteiger partial charge in [0.2, 0.25) is 11.8 Å². The van der Waals surface area contributed by atoms with Gasteiger partial charge in [-0.1, -0.05) is 24.1 Å². The Hall–Kier alpha value is -3.54. The highest BCUT2D eigenvalue weighted by molar-refractivity contribution is 5.93. The number of esters is 1. The first-order valence-corrected chi connectivity index (χ1v) is 10.5. The average molecular weight is 460 g/mol. The fourth-order valence-electron chi connectivity index (χ4n) is 3.06. The molecule has 9 nitrogen and oxygen atoms in total. The molecule has 0 saturated carbocycles. The predicted octanol–water partition coefficient (Wildman–Crippen LogP) is 2.15. The van der Waals surface area contributed by atoms with Crippen molar-refractivity contribution in [2.75, 3.05) is 13.7 Å². The number of nitrogens with one attached hydrogen (secondary N) is 2. The second kappa shape index (κ2) is 11.9. The lowest BCUT2D eigenvalue weighted by Gasteiger charge is -2.36. The summed E-state index contributed by atoms with van der Waals surface area (Å²) in [7, 11) is 1.20. The Morgan fingerprint density at radius 3 is 2.24 bits per heavy atom. The van der Waals surface area contributed by atoms with E-state index in [-0.39, 0.29) is 6.54 Å². The Morgan fingerprint density at radius 1 is 1.12 bits per heavy atom. The van der Waals surface area contributed by atoms with Crippen molar-refractivity contribution in [2.24, 2.45) is 0 Å². The van der Waals surface area contributed by atoms with E-state index in [0.29, 0.717) is 11.1 Å². The van der Waals surface area contributed by atoms with Gasteiger partial charge in [-0.15, -0.1) is 6.42 Å². The van der Waals surface area contributed by atoms with E-state index < -0.39 is 47.6 Å². The first kappa shape index (κ1) is 27.5. The molecule has 3 amide bonds. The molecular weight excluding hydrogens is 426 g/mol. The molecular formula is C24H33N3O6. The van der Waals surface area contributed by atoms with Crippen molar-refractivity contribution in [3.63, 3.8) is 0 Å². The molecule has 0 bridgehead atoms. The van der Waals surface area contributed by atoms with Crippen LogP contribution in [0.5, 0.6) is 0 Å². The molecule has 180 valence electrons. The van der Waals surface area contributed by atoms with Crippen LogP contribution in [0.3, 0.4) is 0 Å². The van der Waals surface area contributed by atoms with Crippen molar-refractivity contribution in [3.8, 4) is 12.3 Å². The number of hydrogen-bond donors (Lipinski definition) is 2. The first-order valence-electron chi connectivity index (χ1n) is 10.5. The third-order valence-electron chi connectivity index (χ3n) is 4.49. The molecule has 0 heterocycles. The zero-order valence-electron chi connectivity index (χ0n) is 20.2. The van der Waals surface area contributed by atoms with Gasteiger partial charge in [0.15, 0.2) is 0 Å². The zero-order valence-corrected chi connectivity index (χ0v) is 20.2. The second-order valence-corrected chi connectivity index (χ2v) is 8.64. The van der Waals surface area contributed by atoms with Crippen LogP contribution >= 0.6 is 0 Å². The number of terminal acetylenes is 1. The van der Waals surface area contributed by atoms with E-state index in [1.54, 1.807) is 58.9 Å². The maximum atomic E-state index is 13.4. The van der Waals surface area contributed by atoms with E-state index >= 15 is 0 Å². The van der Waals surface area contributed by atoms with Gasteiger partial charge in [0, 0.05) is 11.6 Å². The van der Waals surface area contributed by atoms with Gasteiger partial charge in [0.25, 0.3) is 0 Å². The van der Waals surface area contributed by atoms with E-state index in [2.05, 4.69) is 21.3 Å². The van der Waals surface area contributed by atoms with Gasteiger partial charge < -0.3 is 25.0 Å². The molecule has 0 aliphatic heterocycles. The molecule has 0 radical (unpaired) electrons. The summed E-state index contributed by atoms with van der Waals surface area (Å²) in [4.78, 5) is 51.7. The molecule has 0 saturated heterocycles. The quantitative estimate of drug-likeness (QED) is 0.455. The topological polar surface area (TPSA) is 114 Å². The molecule has 0 aliphatic carbocycles. The summed E-state index contributed by atoms with van der Waals surface area (Å²) >= 11 is 0. The van der Waals surface area contributed by atoms with Crippen LogP contribution in [-0.2, 0) is 23.9 Å². The molecule has 0 aliphatic rings. The number of amides is 3. The number of carbonyl (C=O) groups is 4. The highest BCUT2D eigenvalue weighted by Gasteiger charge is 2.37. The number of alkyl carbamates (subject to hydrolysis) is 1.